The Morgan fingerprint density at radius 3 is 2.33 bits per heavy atom. The van der Waals surface area contributed by atoms with Gasteiger partial charge >= 0.3 is 0 Å². The average Bonchev–Trinajstić information content (AvgIpc) is 3.27. The maximum atomic E-state index is 12.7. The highest BCUT2D eigenvalue weighted by Crippen LogP contribution is 2.30. The number of hydrogen-bond acceptors (Lipinski definition) is 8. The van der Waals surface area contributed by atoms with Crippen LogP contribution in [0.3, 0.4) is 0 Å². The van der Waals surface area contributed by atoms with Crippen molar-refractivity contribution in [2.75, 3.05) is 32.8 Å². The third-order valence-electron chi connectivity index (χ3n) is 4.51. The SMILES string of the molecule is CCOc1ccc(C(=O)Nc2nc(CSCc3cc(OC)cc(OC)c3)cs2)cc1OCC. The van der Waals surface area contributed by atoms with E-state index in [1.54, 1.807) is 44.2 Å². The number of ether oxygens (including phenoxy) is 4. The molecule has 0 saturated carbocycles. The Morgan fingerprint density at radius 1 is 0.970 bits per heavy atom. The maximum absolute atomic E-state index is 12.7. The standard InChI is InChI=1S/C24H28N2O5S2/c1-5-30-21-8-7-17(11-22(21)31-6-2)23(27)26-24-25-18(15-33-24)14-32-13-16-9-19(28-3)12-20(10-16)29-4/h7-12,15H,5-6,13-14H2,1-4H3,(H,25,26,27). The van der Waals surface area contributed by atoms with Crippen molar-refractivity contribution in [3.05, 3.63) is 58.6 Å². The van der Waals surface area contributed by atoms with Crippen molar-refractivity contribution in [1.82, 2.24) is 4.98 Å². The molecule has 0 aliphatic rings. The Bertz CT molecular complexity index is 1050. The number of thiazole rings is 1. The third-order valence-corrected chi connectivity index (χ3v) is 6.35. The lowest BCUT2D eigenvalue weighted by Crippen LogP contribution is -2.12. The van der Waals surface area contributed by atoms with Crippen LogP contribution < -0.4 is 24.3 Å². The number of aromatic nitrogens is 1. The quantitative estimate of drug-likeness (QED) is 0.353. The predicted octanol–water partition coefficient (Wildman–Crippen LogP) is 5.64. The molecule has 0 bridgehead atoms. The molecular weight excluding hydrogens is 460 g/mol. The summed E-state index contributed by atoms with van der Waals surface area (Å²) in [6.07, 6.45) is 0. The molecule has 0 aliphatic heterocycles. The monoisotopic (exact) mass is 488 g/mol. The van der Waals surface area contributed by atoms with Gasteiger partial charge in [0.05, 0.1) is 33.1 Å². The van der Waals surface area contributed by atoms with Gasteiger partial charge in [0.1, 0.15) is 11.5 Å². The van der Waals surface area contributed by atoms with E-state index >= 15 is 0 Å². The number of carbonyl (C=O) groups excluding carboxylic acids is 1. The van der Waals surface area contributed by atoms with Crippen molar-refractivity contribution in [2.24, 2.45) is 0 Å². The molecule has 0 saturated heterocycles. The van der Waals surface area contributed by atoms with Crippen LogP contribution in [0.15, 0.2) is 41.8 Å². The lowest BCUT2D eigenvalue weighted by atomic mass is 10.2. The molecule has 3 aromatic rings. The largest absolute Gasteiger partial charge is 0.497 e. The molecule has 1 amide bonds. The topological polar surface area (TPSA) is 78.9 Å². The van der Waals surface area contributed by atoms with Crippen molar-refractivity contribution in [3.63, 3.8) is 0 Å². The van der Waals surface area contributed by atoms with Crippen LogP contribution in [-0.4, -0.2) is 38.3 Å². The lowest BCUT2D eigenvalue weighted by Gasteiger charge is -2.12. The van der Waals surface area contributed by atoms with Crippen LogP contribution in [0.4, 0.5) is 5.13 Å². The second-order valence-corrected chi connectivity index (χ2v) is 8.68. The number of hydrogen-bond donors (Lipinski definition) is 1. The Hall–Kier alpha value is -2.91. The van der Waals surface area contributed by atoms with Gasteiger partial charge in [0.15, 0.2) is 16.6 Å². The van der Waals surface area contributed by atoms with E-state index in [0.717, 1.165) is 34.3 Å². The molecule has 0 fully saturated rings. The first-order valence-corrected chi connectivity index (χ1v) is 12.5. The Labute approximate surface area is 202 Å². The molecule has 1 N–H and O–H groups in total. The third kappa shape index (κ3) is 7.03. The fourth-order valence-corrected chi connectivity index (χ4v) is 4.69. The van der Waals surface area contributed by atoms with Gasteiger partial charge in [0.25, 0.3) is 5.91 Å². The van der Waals surface area contributed by atoms with E-state index in [0.29, 0.717) is 35.4 Å². The van der Waals surface area contributed by atoms with Gasteiger partial charge in [-0.05, 0) is 49.7 Å². The van der Waals surface area contributed by atoms with Crippen LogP contribution in [0.5, 0.6) is 23.0 Å². The van der Waals surface area contributed by atoms with Gasteiger partial charge in [-0.1, -0.05) is 0 Å². The molecule has 0 spiro atoms. The van der Waals surface area contributed by atoms with E-state index < -0.39 is 0 Å². The van der Waals surface area contributed by atoms with Crippen molar-refractivity contribution in [3.8, 4) is 23.0 Å². The normalized spacial score (nSPS) is 10.5. The fourth-order valence-electron chi connectivity index (χ4n) is 3.02. The van der Waals surface area contributed by atoms with E-state index in [-0.39, 0.29) is 5.91 Å². The van der Waals surface area contributed by atoms with Crippen LogP contribution in [0.2, 0.25) is 0 Å². The fraction of sp³-hybridized carbons (Fsp3) is 0.333. The summed E-state index contributed by atoms with van der Waals surface area (Å²) in [4.78, 5) is 17.2. The number of nitrogens with one attached hydrogen (secondary N) is 1. The first-order chi connectivity index (χ1) is 16.1. The molecule has 7 nitrogen and oxygen atoms in total. The summed E-state index contributed by atoms with van der Waals surface area (Å²) in [6, 6.07) is 11.0. The number of thioether (sulfide) groups is 1. The van der Waals surface area contributed by atoms with Crippen LogP contribution in [0.1, 0.15) is 35.5 Å². The molecule has 33 heavy (non-hydrogen) atoms. The number of nitrogens with zero attached hydrogens (tertiary/aromatic N) is 1. The zero-order valence-corrected chi connectivity index (χ0v) is 20.8. The number of rotatable bonds is 12. The zero-order valence-electron chi connectivity index (χ0n) is 19.2. The number of amides is 1. The first-order valence-electron chi connectivity index (χ1n) is 10.5. The molecule has 1 aromatic heterocycles. The van der Waals surface area contributed by atoms with E-state index in [1.807, 2.05) is 37.4 Å². The van der Waals surface area contributed by atoms with Gasteiger partial charge < -0.3 is 18.9 Å². The molecule has 0 radical (unpaired) electrons. The summed E-state index contributed by atoms with van der Waals surface area (Å²) < 4.78 is 21.8. The number of anilines is 1. The van der Waals surface area contributed by atoms with Crippen molar-refractivity contribution >= 4 is 34.1 Å². The summed E-state index contributed by atoms with van der Waals surface area (Å²) in [5.41, 5.74) is 2.51. The maximum Gasteiger partial charge on any atom is 0.257 e. The predicted molar refractivity (Wildman–Crippen MR) is 133 cm³/mol. The minimum Gasteiger partial charge on any atom is -0.497 e. The molecule has 0 atom stereocenters. The second-order valence-electron chi connectivity index (χ2n) is 6.84. The molecule has 2 aromatic carbocycles. The van der Waals surface area contributed by atoms with E-state index in [1.165, 1.54) is 11.3 Å². The summed E-state index contributed by atoms with van der Waals surface area (Å²) in [5.74, 6) is 3.99. The number of carbonyl (C=O) groups is 1. The molecule has 0 unspecified atom stereocenters. The highest BCUT2D eigenvalue weighted by molar-refractivity contribution is 7.97. The Morgan fingerprint density at radius 2 is 1.67 bits per heavy atom. The van der Waals surface area contributed by atoms with Gasteiger partial charge in [-0.3, -0.25) is 10.1 Å². The summed E-state index contributed by atoms with van der Waals surface area (Å²) >= 11 is 3.13. The summed E-state index contributed by atoms with van der Waals surface area (Å²) in [5, 5.41) is 5.39. The first kappa shape index (κ1) is 24.7. The second kappa shape index (κ2) is 12.4. The van der Waals surface area contributed by atoms with Crippen LogP contribution >= 0.6 is 23.1 Å². The van der Waals surface area contributed by atoms with Crippen LogP contribution in [0.25, 0.3) is 0 Å². The van der Waals surface area contributed by atoms with Gasteiger partial charge in [-0.15, -0.1) is 11.3 Å². The average molecular weight is 489 g/mol. The molecule has 176 valence electrons. The minimum absolute atomic E-state index is 0.240. The zero-order chi connectivity index (χ0) is 23.6. The molecule has 9 heteroatoms. The number of methoxy groups -OCH3 is 2. The van der Waals surface area contributed by atoms with Gasteiger partial charge in [-0.2, -0.15) is 11.8 Å². The van der Waals surface area contributed by atoms with Crippen molar-refractivity contribution < 1.29 is 23.7 Å². The lowest BCUT2D eigenvalue weighted by molar-refractivity contribution is 0.102. The van der Waals surface area contributed by atoms with Gasteiger partial charge in [0, 0.05) is 28.5 Å². The Balaban J connectivity index is 1.57. The Kier molecular flexibility index (Phi) is 9.26. The molecule has 3 rings (SSSR count). The minimum atomic E-state index is -0.240. The molecule has 0 aliphatic carbocycles. The molecular formula is C24H28N2O5S2. The van der Waals surface area contributed by atoms with Crippen LogP contribution in [-0.2, 0) is 11.5 Å². The summed E-state index contributed by atoms with van der Waals surface area (Å²) in [6.45, 7) is 4.81. The number of benzene rings is 2. The highest BCUT2D eigenvalue weighted by atomic mass is 32.2. The van der Waals surface area contributed by atoms with Gasteiger partial charge in [0.2, 0.25) is 0 Å². The van der Waals surface area contributed by atoms with E-state index in [4.69, 9.17) is 18.9 Å². The molecule has 1 heterocycles. The smallest absolute Gasteiger partial charge is 0.257 e. The van der Waals surface area contributed by atoms with Crippen LogP contribution in [0, 0.1) is 0 Å². The van der Waals surface area contributed by atoms with E-state index in [9.17, 15) is 4.79 Å². The van der Waals surface area contributed by atoms with Gasteiger partial charge in [-0.25, -0.2) is 4.98 Å². The van der Waals surface area contributed by atoms with Crippen molar-refractivity contribution in [1.29, 1.82) is 0 Å². The van der Waals surface area contributed by atoms with E-state index in [2.05, 4.69) is 10.3 Å². The highest BCUT2D eigenvalue weighted by Gasteiger charge is 2.13. The van der Waals surface area contributed by atoms with Crippen molar-refractivity contribution in [2.45, 2.75) is 25.4 Å². The summed E-state index contributed by atoms with van der Waals surface area (Å²) in [7, 11) is 3.28.